The maximum absolute atomic E-state index is 12.1. The number of nitrogens with one attached hydrogen (secondary N) is 1. The van der Waals surface area contributed by atoms with Crippen LogP contribution >= 0.6 is 0 Å². The van der Waals surface area contributed by atoms with E-state index >= 15 is 0 Å². The molecular formula is C16H28N2O2. The first-order valence-electron chi connectivity index (χ1n) is 8.21. The Labute approximate surface area is 122 Å². The van der Waals surface area contributed by atoms with Crippen molar-refractivity contribution >= 4 is 11.8 Å². The molecule has 4 heteroatoms. The Bertz CT molecular complexity index is 352. The van der Waals surface area contributed by atoms with Crippen molar-refractivity contribution in [1.29, 1.82) is 0 Å². The number of rotatable bonds is 6. The van der Waals surface area contributed by atoms with Gasteiger partial charge in [-0.2, -0.15) is 0 Å². The second-order valence-electron chi connectivity index (χ2n) is 6.33. The first kappa shape index (κ1) is 15.3. The number of carbonyl (C=O) groups is 2. The van der Waals surface area contributed by atoms with Crippen LogP contribution in [-0.4, -0.2) is 36.3 Å². The lowest BCUT2D eigenvalue weighted by Crippen LogP contribution is -2.45. The highest BCUT2D eigenvalue weighted by atomic mass is 16.2. The molecular weight excluding hydrogens is 252 g/mol. The van der Waals surface area contributed by atoms with Crippen LogP contribution in [0.4, 0.5) is 0 Å². The number of nitrogens with zero attached hydrogens (tertiary/aromatic N) is 1. The van der Waals surface area contributed by atoms with Crippen molar-refractivity contribution in [1.82, 2.24) is 10.2 Å². The fourth-order valence-electron chi connectivity index (χ4n) is 3.18. The number of hydrogen-bond donors (Lipinski definition) is 1. The lowest BCUT2D eigenvalue weighted by Gasteiger charge is -2.38. The molecule has 0 unspecified atom stereocenters. The summed E-state index contributed by atoms with van der Waals surface area (Å²) in [5.74, 6) is 1.78. The van der Waals surface area contributed by atoms with Gasteiger partial charge in [-0.05, 0) is 37.5 Å². The van der Waals surface area contributed by atoms with E-state index in [4.69, 9.17) is 0 Å². The van der Waals surface area contributed by atoms with E-state index in [1.165, 1.54) is 0 Å². The molecule has 2 atom stereocenters. The van der Waals surface area contributed by atoms with Crippen LogP contribution in [0.3, 0.4) is 0 Å². The minimum absolute atomic E-state index is 0.178. The molecule has 1 saturated heterocycles. The summed E-state index contributed by atoms with van der Waals surface area (Å²) in [7, 11) is 0. The summed E-state index contributed by atoms with van der Waals surface area (Å²) in [6.07, 6.45) is 5.81. The molecule has 20 heavy (non-hydrogen) atoms. The fraction of sp³-hybridized carbons (Fsp3) is 0.875. The van der Waals surface area contributed by atoms with Crippen molar-refractivity contribution in [3.8, 4) is 0 Å². The predicted octanol–water partition coefficient (Wildman–Crippen LogP) is 2.19. The third-order valence-corrected chi connectivity index (χ3v) is 4.67. The maximum Gasteiger partial charge on any atom is 0.225 e. The number of amides is 2. The molecule has 0 aromatic heterocycles. The second kappa shape index (κ2) is 7.09. The van der Waals surface area contributed by atoms with Crippen molar-refractivity contribution in [2.45, 2.75) is 52.4 Å². The molecule has 0 spiro atoms. The number of piperidine rings is 1. The molecule has 1 aliphatic carbocycles. The molecule has 0 bridgehead atoms. The molecule has 2 amide bonds. The second-order valence-corrected chi connectivity index (χ2v) is 6.33. The van der Waals surface area contributed by atoms with Gasteiger partial charge in [0.15, 0.2) is 0 Å². The average Bonchev–Trinajstić information content (AvgIpc) is 3.29. The predicted molar refractivity (Wildman–Crippen MR) is 79.1 cm³/mol. The fourth-order valence-corrected chi connectivity index (χ4v) is 3.18. The zero-order valence-electron chi connectivity index (χ0n) is 12.9. The van der Waals surface area contributed by atoms with Gasteiger partial charge in [-0.25, -0.2) is 0 Å². The van der Waals surface area contributed by atoms with Gasteiger partial charge >= 0.3 is 0 Å². The normalized spacial score (nSPS) is 26.4. The van der Waals surface area contributed by atoms with Gasteiger partial charge in [0.05, 0.1) is 0 Å². The van der Waals surface area contributed by atoms with Crippen molar-refractivity contribution < 1.29 is 9.59 Å². The molecule has 0 radical (unpaired) electrons. The Balaban J connectivity index is 1.82. The van der Waals surface area contributed by atoms with Gasteiger partial charge in [0.2, 0.25) is 11.8 Å². The summed E-state index contributed by atoms with van der Waals surface area (Å²) in [5, 5.41) is 2.97. The summed E-state index contributed by atoms with van der Waals surface area (Å²) in [6.45, 7) is 6.72. The lowest BCUT2D eigenvalue weighted by molar-refractivity contribution is -0.135. The van der Waals surface area contributed by atoms with Crippen LogP contribution in [0, 0.1) is 17.8 Å². The minimum Gasteiger partial charge on any atom is -0.356 e. The summed E-state index contributed by atoms with van der Waals surface area (Å²) in [6, 6.07) is 0. The molecule has 0 aromatic rings. The van der Waals surface area contributed by atoms with E-state index in [1.807, 2.05) is 4.90 Å². The summed E-state index contributed by atoms with van der Waals surface area (Å²) < 4.78 is 0. The highest BCUT2D eigenvalue weighted by Gasteiger charge is 2.37. The lowest BCUT2D eigenvalue weighted by atomic mass is 9.81. The molecule has 2 rings (SSSR count). The van der Waals surface area contributed by atoms with E-state index < -0.39 is 0 Å². The van der Waals surface area contributed by atoms with Gasteiger partial charge in [-0.15, -0.1) is 0 Å². The van der Waals surface area contributed by atoms with E-state index in [1.54, 1.807) is 0 Å². The standard InChI is InChI=1S/C16H28N2O2/c1-3-8-17-15(19)10-14-7-9-18(11-12(14)4-2)16(20)13-5-6-13/h12-14H,3-11H2,1-2H3,(H,17,19)/t12-,14-/m0/s1. The largest absolute Gasteiger partial charge is 0.356 e. The van der Waals surface area contributed by atoms with E-state index in [9.17, 15) is 9.59 Å². The quantitative estimate of drug-likeness (QED) is 0.811. The van der Waals surface area contributed by atoms with Crippen LogP contribution < -0.4 is 5.32 Å². The van der Waals surface area contributed by atoms with Crippen LogP contribution in [0.15, 0.2) is 0 Å². The number of likely N-dealkylation sites (tertiary alicyclic amines) is 1. The topological polar surface area (TPSA) is 49.4 Å². The van der Waals surface area contributed by atoms with Crippen molar-refractivity contribution in [2.24, 2.45) is 17.8 Å². The van der Waals surface area contributed by atoms with Crippen LogP contribution in [0.5, 0.6) is 0 Å². The molecule has 2 aliphatic rings. The summed E-state index contributed by atoms with van der Waals surface area (Å²) in [4.78, 5) is 26.1. The Morgan fingerprint density at radius 2 is 1.90 bits per heavy atom. The zero-order valence-corrected chi connectivity index (χ0v) is 12.9. The molecule has 4 nitrogen and oxygen atoms in total. The maximum atomic E-state index is 12.1. The van der Waals surface area contributed by atoms with E-state index in [2.05, 4.69) is 19.2 Å². The molecule has 1 heterocycles. The van der Waals surface area contributed by atoms with Crippen molar-refractivity contribution in [2.75, 3.05) is 19.6 Å². The summed E-state index contributed by atoms with van der Waals surface area (Å²) in [5.41, 5.74) is 0. The molecule has 0 aromatic carbocycles. The zero-order chi connectivity index (χ0) is 14.5. The molecule has 2 fully saturated rings. The van der Waals surface area contributed by atoms with Crippen molar-refractivity contribution in [3.05, 3.63) is 0 Å². The van der Waals surface area contributed by atoms with Crippen LogP contribution in [0.1, 0.15) is 52.4 Å². The Hall–Kier alpha value is -1.06. The molecule has 1 N–H and O–H groups in total. The average molecular weight is 280 g/mol. The van der Waals surface area contributed by atoms with E-state index in [-0.39, 0.29) is 5.91 Å². The van der Waals surface area contributed by atoms with Gasteiger partial charge in [0, 0.05) is 32.0 Å². The first-order valence-corrected chi connectivity index (χ1v) is 8.21. The van der Waals surface area contributed by atoms with Gasteiger partial charge < -0.3 is 10.2 Å². The monoisotopic (exact) mass is 280 g/mol. The smallest absolute Gasteiger partial charge is 0.225 e. The van der Waals surface area contributed by atoms with Gasteiger partial charge in [0.25, 0.3) is 0 Å². The van der Waals surface area contributed by atoms with Gasteiger partial charge in [0.1, 0.15) is 0 Å². The highest BCUT2D eigenvalue weighted by Crippen LogP contribution is 2.35. The molecule has 114 valence electrons. The third kappa shape index (κ3) is 3.97. The van der Waals surface area contributed by atoms with Crippen LogP contribution in [-0.2, 0) is 9.59 Å². The van der Waals surface area contributed by atoms with E-state index in [0.717, 1.165) is 51.7 Å². The third-order valence-electron chi connectivity index (χ3n) is 4.67. The highest BCUT2D eigenvalue weighted by molar-refractivity contribution is 5.81. The van der Waals surface area contributed by atoms with Crippen molar-refractivity contribution in [3.63, 3.8) is 0 Å². The first-order chi connectivity index (χ1) is 9.65. The molecule has 1 aliphatic heterocycles. The minimum atomic E-state index is 0.178. The SMILES string of the molecule is CCCNC(=O)C[C@@H]1CCN(C(=O)C2CC2)C[C@@H]1CC. The van der Waals surface area contributed by atoms with E-state index in [0.29, 0.717) is 30.1 Å². The van der Waals surface area contributed by atoms with Gasteiger partial charge in [-0.1, -0.05) is 20.3 Å². The number of hydrogen-bond acceptors (Lipinski definition) is 2. The number of carbonyl (C=O) groups excluding carboxylic acids is 2. The van der Waals surface area contributed by atoms with Gasteiger partial charge in [-0.3, -0.25) is 9.59 Å². The Morgan fingerprint density at radius 3 is 2.50 bits per heavy atom. The molecule has 1 saturated carbocycles. The van der Waals surface area contributed by atoms with Crippen LogP contribution in [0.2, 0.25) is 0 Å². The Morgan fingerprint density at radius 1 is 1.15 bits per heavy atom. The summed E-state index contributed by atoms with van der Waals surface area (Å²) >= 11 is 0. The van der Waals surface area contributed by atoms with Crippen LogP contribution in [0.25, 0.3) is 0 Å². The Kier molecular flexibility index (Phi) is 5.44.